The second kappa shape index (κ2) is 16.7. The molecule has 14 N–H and O–H groups in total. The number of halogens is 1. The minimum atomic E-state index is -1.04. The molecule has 41 heavy (non-hydrogen) atoms. The Labute approximate surface area is 244 Å². The lowest BCUT2D eigenvalue weighted by atomic mass is 9.99. The van der Waals surface area contributed by atoms with E-state index in [1.807, 2.05) is 36.4 Å². The van der Waals surface area contributed by atoms with Crippen molar-refractivity contribution >= 4 is 41.2 Å². The largest absolute Gasteiger partial charge is 0.370 e. The Bertz CT molecular complexity index is 1190. The molecule has 222 valence electrons. The molecule has 3 atom stereocenters. The Kier molecular flexibility index (Phi) is 13.4. The summed E-state index contributed by atoms with van der Waals surface area (Å²) in [6.07, 6.45) is 1.53. The molecule has 0 saturated carbocycles. The maximum absolute atomic E-state index is 13.3. The number of primary amides is 1. The lowest BCUT2D eigenvalue weighted by Crippen LogP contribution is -2.56. The summed E-state index contributed by atoms with van der Waals surface area (Å²) in [7, 11) is 0. The molecular weight excluding hydrogens is 548 g/mol. The van der Waals surface area contributed by atoms with Crippen molar-refractivity contribution in [2.45, 2.75) is 50.2 Å². The molecule has 3 amide bonds. The van der Waals surface area contributed by atoms with Crippen molar-refractivity contribution in [2.75, 3.05) is 13.1 Å². The van der Waals surface area contributed by atoms with Gasteiger partial charge in [-0.3, -0.25) is 25.2 Å². The van der Waals surface area contributed by atoms with E-state index in [0.717, 1.165) is 16.7 Å². The zero-order chi connectivity index (χ0) is 30.4. The van der Waals surface area contributed by atoms with E-state index in [0.29, 0.717) is 37.4 Å². The first-order chi connectivity index (χ1) is 19.5. The minimum Gasteiger partial charge on any atom is -0.370 e. The summed E-state index contributed by atoms with van der Waals surface area (Å²) in [6, 6.07) is 12.0. The molecule has 0 saturated heterocycles. The molecule has 14 heteroatoms. The smallest absolute Gasteiger partial charge is 0.243 e. The van der Waals surface area contributed by atoms with Crippen molar-refractivity contribution in [1.82, 2.24) is 21.3 Å². The molecule has 0 heterocycles. The van der Waals surface area contributed by atoms with E-state index in [4.69, 9.17) is 45.4 Å². The molecular formula is C27H39ClN10O3. The van der Waals surface area contributed by atoms with Crippen molar-refractivity contribution in [1.29, 1.82) is 10.8 Å². The van der Waals surface area contributed by atoms with Gasteiger partial charge in [0.25, 0.3) is 0 Å². The van der Waals surface area contributed by atoms with Crippen LogP contribution in [0.4, 0.5) is 0 Å². The van der Waals surface area contributed by atoms with E-state index in [1.165, 1.54) is 0 Å². The van der Waals surface area contributed by atoms with Crippen molar-refractivity contribution in [3.05, 3.63) is 59.1 Å². The molecule has 1 unspecified atom stereocenters. The Morgan fingerprint density at radius 1 is 0.732 bits per heavy atom. The molecule has 2 aromatic rings. The molecule has 0 aromatic heterocycles. The van der Waals surface area contributed by atoms with Gasteiger partial charge in [-0.2, -0.15) is 0 Å². The van der Waals surface area contributed by atoms with Gasteiger partial charge < -0.3 is 44.2 Å². The number of hydrogen-bond donors (Lipinski definition) is 10. The van der Waals surface area contributed by atoms with Gasteiger partial charge in [0.05, 0.1) is 6.04 Å². The number of carbonyl (C=O) groups excluding carboxylic acids is 3. The molecule has 0 spiro atoms. The number of nitrogens with one attached hydrogen (secondary N) is 6. The highest BCUT2D eigenvalue weighted by molar-refractivity contribution is 6.30. The number of amides is 3. The van der Waals surface area contributed by atoms with Crippen LogP contribution in [-0.2, 0) is 20.8 Å². The van der Waals surface area contributed by atoms with Gasteiger partial charge in [0.2, 0.25) is 17.7 Å². The lowest BCUT2D eigenvalue weighted by molar-refractivity contribution is -0.131. The van der Waals surface area contributed by atoms with Gasteiger partial charge in [-0.1, -0.05) is 48.0 Å². The topological polar surface area (TPSA) is 251 Å². The van der Waals surface area contributed by atoms with Crippen LogP contribution in [0.15, 0.2) is 48.5 Å². The third-order valence-electron chi connectivity index (χ3n) is 6.19. The van der Waals surface area contributed by atoms with E-state index in [-0.39, 0.29) is 24.8 Å². The SMILES string of the molecule is N=C(N)NCCCC(N)C(=O)N[C@H](Cc1ccc(-c2ccc(Cl)cc2)cc1)C(=O)N[C@H](CCCNC(=N)N)C(N)=O. The van der Waals surface area contributed by atoms with Crippen LogP contribution in [0.5, 0.6) is 0 Å². The lowest BCUT2D eigenvalue weighted by Gasteiger charge is -2.23. The maximum Gasteiger partial charge on any atom is 0.243 e. The van der Waals surface area contributed by atoms with Gasteiger partial charge in [0.15, 0.2) is 11.9 Å². The Morgan fingerprint density at radius 3 is 1.73 bits per heavy atom. The molecule has 0 fully saturated rings. The summed E-state index contributed by atoms with van der Waals surface area (Å²) in [6.45, 7) is 0.696. The van der Waals surface area contributed by atoms with Crippen LogP contribution in [0.1, 0.15) is 31.2 Å². The predicted molar refractivity (Wildman–Crippen MR) is 160 cm³/mol. The van der Waals surface area contributed by atoms with Crippen LogP contribution in [-0.4, -0.2) is 60.9 Å². The first-order valence-electron chi connectivity index (χ1n) is 13.1. The number of benzene rings is 2. The zero-order valence-corrected chi connectivity index (χ0v) is 23.5. The fraction of sp³-hybridized carbons (Fsp3) is 0.370. The van der Waals surface area contributed by atoms with Crippen molar-refractivity contribution in [3.63, 3.8) is 0 Å². The average Bonchev–Trinajstić information content (AvgIpc) is 2.92. The fourth-order valence-corrected chi connectivity index (χ4v) is 4.09. The van der Waals surface area contributed by atoms with Crippen LogP contribution < -0.4 is 44.2 Å². The second-order valence-electron chi connectivity index (χ2n) is 9.50. The quantitative estimate of drug-likeness (QED) is 0.0717. The highest BCUT2D eigenvalue weighted by atomic mass is 35.5. The molecule has 0 aliphatic heterocycles. The standard InChI is InChI=1S/C27H39ClN10O3/c28-19-11-9-18(10-12-19)17-7-5-16(6-8-17)15-22(38-24(40)20(29)3-1-13-35-26(31)32)25(41)37-21(23(30)39)4-2-14-36-27(33)34/h5-12,20-22H,1-4,13-15,29H2,(H2,30,39)(H,37,41)(H,38,40)(H4,31,32,35)(H4,33,34,36)/t20?,21-,22-/m1/s1. The van der Waals surface area contributed by atoms with Gasteiger partial charge in [0, 0.05) is 24.5 Å². The first kappa shape index (κ1) is 32.8. The number of nitrogens with two attached hydrogens (primary N) is 4. The molecule has 0 bridgehead atoms. The van der Waals surface area contributed by atoms with E-state index in [1.54, 1.807) is 12.1 Å². The number of guanidine groups is 2. The summed E-state index contributed by atoms with van der Waals surface area (Å²) >= 11 is 5.98. The van der Waals surface area contributed by atoms with Gasteiger partial charge in [0.1, 0.15) is 12.1 Å². The van der Waals surface area contributed by atoms with E-state index < -0.39 is 35.8 Å². The van der Waals surface area contributed by atoms with Crippen LogP contribution in [0.3, 0.4) is 0 Å². The van der Waals surface area contributed by atoms with Crippen molar-refractivity contribution < 1.29 is 14.4 Å². The van der Waals surface area contributed by atoms with E-state index in [2.05, 4.69) is 21.3 Å². The predicted octanol–water partition coefficient (Wildman–Crippen LogP) is -0.142. The maximum atomic E-state index is 13.3. The monoisotopic (exact) mass is 586 g/mol. The molecule has 0 aliphatic carbocycles. The van der Waals surface area contributed by atoms with Crippen LogP contribution in [0, 0.1) is 10.8 Å². The van der Waals surface area contributed by atoms with Gasteiger partial charge >= 0.3 is 0 Å². The normalized spacial score (nSPS) is 12.8. The van der Waals surface area contributed by atoms with Crippen molar-refractivity contribution in [3.8, 4) is 11.1 Å². The van der Waals surface area contributed by atoms with Gasteiger partial charge in [-0.15, -0.1) is 0 Å². The van der Waals surface area contributed by atoms with E-state index in [9.17, 15) is 14.4 Å². The minimum absolute atomic E-state index is 0.133. The molecule has 0 aliphatic rings. The molecule has 2 aromatic carbocycles. The highest BCUT2D eigenvalue weighted by Gasteiger charge is 2.27. The first-order valence-corrected chi connectivity index (χ1v) is 13.5. The Balaban J connectivity index is 2.14. The summed E-state index contributed by atoms with van der Waals surface area (Å²) in [5, 5.41) is 25.7. The number of rotatable bonds is 16. The average molecular weight is 587 g/mol. The van der Waals surface area contributed by atoms with Crippen LogP contribution >= 0.6 is 11.6 Å². The van der Waals surface area contributed by atoms with Crippen LogP contribution in [0.25, 0.3) is 11.1 Å². The Hall–Kier alpha value is -4.36. The van der Waals surface area contributed by atoms with Crippen molar-refractivity contribution in [2.24, 2.45) is 22.9 Å². The molecule has 0 radical (unpaired) electrons. The third-order valence-corrected chi connectivity index (χ3v) is 6.45. The number of hydrogen-bond acceptors (Lipinski definition) is 6. The van der Waals surface area contributed by atoms with E-state index >= 15 is 0 Å². The van der Waals surface area contributed by atoms with Gasteiger partial charge in [-0.05, 0) is 54.5 Å². The summed E-state index contributed by atoms with van der Waals surface area (Å²) in [5.74, 6) is -2.24. The van der Waals surface area contributed by atoms with Gasteiger partial charge in [-0.25, -0.2) is 0 Å². The second-order valence-corrected chi connectivity index (χ2v) is 9.94. The highest BCUT2D eigenvalue weighted by Crippen LogP contribution is 2.22. The fourth-order valence-electron chi connectivity index (χ4n) is 3.96. The summed E-state index contributed by atoms with van der Waals surface area (Å²) in [4.78, 5) is 38.2. The summed E-state index contributed by atoms with van der Waals surface area (Å²) in [5.41, 5.74) is 24.8. The molecule has 2 rings (SSSR count). The zero-order valence-electron chi connectivity index (χ0n) is 22.7. The Morgan fingerprint density at radius 2 is 1.22 bits per heavy atom. The number of carbonyl (C=O) groups is 3. The molecule has 13 nitrogen and oxygen atoms in total. The summed E-state index contributed by atoms with van der Waals surface area (Å²) < 4.78 is 0. The van der Waals surface area contributed by atoms with Crippen LogP contribution in [0.2, 0.25) is 5.02 Å². The third kappa shape index (κ3) is 12.1.